The molecule has 0 atom stereocenters. The van der Waals surface area contributed by atoms with Crippen LogP contribution in [-0.4, -0.2) is 28.7 Å². The van der Waals surface area contributed by atoms with E-state index in [1.54, 1.807) is 32.3 Å². The average molecular weight is 307 g/mol. The Morgan fingerprint density at radius 1 is 1.29 bits per heavy atom. The summed E-state index contributed by atoms with van der Waals surface area (Å²) in [7, 11) is -3.68. The van der Waals surface area contributed by atoms with Crippen molar-refractivity contribution in [2.45, 2.75) is 31.3 Å². The normalized spacial score (nSPS) is 12.0. The van der Waals surface area contributed by atoms with Crippen LogP contribution in [0.2, 0.25) is 0 Å². The summed E-state index contributed by atoms with van der Waals surface area (Å²) in [6.45, 7) is 3.84. The molecule has 2 heterocycles. The van der Waals surface area contributed by atoms with Gasteiger partial charge in [-0.1, -0.05) is 6.07 Å². The molecule has 0 bridgehead atoms. The minimum absolute atomic E-state index is 0.0692. The smallest absolute Gasteiger partial charge is 0.247 e. The third kappa shape index (κ3) is 3.56. The lowest BCUT2D eigenvalue weighted by Gasteiger charge is -2.25. The quantitative estimate of drug-likeness (QED) is 0.904. The second-order valence-electron chi connectivity index (χ2n) is 4.89. The number of nitrogens with one attached hydrogen (secondary N) is 1. The molecule has 0 amide bonds. The zero-order valence-corrected chi connectivity index (χ0v) is 12.7. The molecule has 0 fully saturated rings. The number of pyridine rings is 2. The summed E-state index contributed by atoms with van der Waals surface area (Å²) in [6.07, 6.45) is 4.49. The summed E-state index contributed by atoms with van der Waals surface area (Å²) >= 11 is 0. The predicted octanol–water partition coefficient (Wildman–Crippen LogP) is 1.37. The molecular weight excluding hydrogens is 290 g/mol. The topological polar surface area (TPSA) is 83.1 Å². The van der Waals surface area contributed by atoms with Gasteiger partial charge in [0.2, 0.25) is 15.6 Å². The van der Waals surface area contributed by atoms with Crippen LogP contribution in [0.3, 0.4) is 0 Å². The first-order valence-electron chi connectivity index (χ1n) is 6.51. The highest BCUT2D eigenvalue weighted by Gasteiger charge is 2.27. The number of aromatic amines is 1. The second kappa shape index (κ2) is 6.19. The molecule has 1 N–H and O–H groups in total. The Labute approximate surface area is 123 Å². The highest BCUT2D eigenvalue weighted by atomic mass is 32.2. The Kier molecular flexibility index (Phi) is 4.54. The van der Waals surface area contributed by atoms with E-state index in [4.69, 9.17) is 0 Å². The molecular formula is C14H17N3O3S. The van der Waals surface area contributed by atoms with E-state index in [0.717, 1.165) is 5.56 Å². The lowest BCUT2D eigenvalue weighted by Crippen LogP contribution is -2.36. The Bertz CT molecular complexity index is 734. The van der Waals surface area contributed by atoms with Crippen LogP contribution < -0.4 is 5.56 Å². The van der Waals surface area contributed by atoms with E-state index >= 15 is 0 Å². The molecule has 0 saturated carbocycles. The van der Waals surface area contributed by atoms with Crippen LogP contribution in [0.1, 0.15) is 19.4 Å². The fourth-order valence-corrected chi connectivity index (χ4v) is 3.50. The van der Waals surface area contributed by atoms with Crippen molar-refractivity contribution in [2.24, 2.45) is 0 Å². The Morgan fingerprint density at radius 2 is 2.05 bits per heavy atom. The zero-order valence-electron chi connectivity index (χ0n) is 11.9. The maximum atomic E-state index is 12.7. The van der Waals surface area contributed by atoms with Gasteiger partial charge in [-0.2, -0.15) is 4.31 Å². The van der Waals surface area contributed by atoms with Crippen molar-refractivity contribution >= 4 is 10.0 Å². The van der Waals surface area contributed by atoms with E-state index in [1.165, 1.54) is 22.6 Å². The molecule has 0 aromatic carbocycles. The second-order valence-corrected chi connectivity index (χ2v) is 6.78. The molecule has 6 nitrogen and oxygen atoms in total. The number of sulfonamides is 1. The first-order chi connectivity index (χ1) is 9.91. The maximum absolute atomic E-state index is 12.7. The fraction of sp³-hybridized carbons (Fsp3) is 0.286. The van der Waals surface area contributed by atoms with Crippen LogP contribution >= 0.6 is 0 Å². The molecule has 0 aliphatic carbocycles. The van der Waals surface area contributed by atoms with Gasteiger partial charge in [-0.15, -0.1) is 0 Å². The fourth-order valence-electron chi connectivity index (χ4n) is 1.91. The monoisotopic (exact) mass is 307 g/mol. The van der Waals surface area contributed by atoms with Gasteiger partial charge >= 0.3 is 0 Å². The molecule has 0 saturated heterocycles. The zero-order chi connectivity index (χ0) is 15.5. The third-order valence-electron chi connectivity index (χ3n) is 3.00. The van der Waals surface area contributed by atoms with Crippen molar-refractivity contribution in [2.75, 3.05) is 0 Å². The number of rotatable bonds is 5. The molecule has 0 aliphatic rings. The highest BCUT2D eigenvalue weighted by molar-refractivity contribution is 7.89. The Hall–Kier alpha value is -1.99. The largest absolute Gasteiger partial charge is 0.328 e. The van der Waals surface area contributed by atoms with Gasteiger partial charge in [-0.25, -0.2) is 8.42 Å². The van der Waals surface area contributed by atoms with E-state index in [0.29, 0.717) is 0 Å². The van der Waals surface area contributed by atoms with Gasteiger partial charge in [0.1, 0.15) is 0 Å². The lowest BCUT2D eigenvalue weighted by molar-refractivity contribution is 0.347. The first-order valence-corrected chi connectivity index (χ1v) is 7.95. The van der Waals surface area contributed by atoms with E-state index in [1.807, 2.05) is 6.07 Å². The predicted molar refractivity (Wildman–Crippen MR) is 79.2 cm³/mol. The van der Waals surface area contributed by atoms with Crippen molar-refractivity contribution in [3.8, 4) is 0 Å². The van der Waals surface area contributed by atoms with E-state index in [-0.39, 0.29) is 23.0 Å². The summed E-state index contributed by atoms with van der Waals surface area (Å²) in [5.74, 6) is 0. The molecule has 0 spiro atoms. The molecule has 112 valence electrons. The van der Waals surface area contributed by atoms with Gasteiger partial charge < -0.3 is 4.98 Å². The number of hydrogen-bond donors (Lipinski definition) is 1. The van der Waals surface area contributed by atoms with Gasteiger partial charge in [-0.05, 0) is 31.5 Å². The number of H-pyrrole nitrogens is 1. The van der Waals surface area contributed by atoms with Crippen LogP contribution in [0.4, 0.5) is 0 Å². The molecule has 2 rings (SSSR count). The first kappa shape index (κ1) is 15.4. The average Bonchev–Trinajstić information content (AvgIpc) is 2.46. The van der Waals surface area contributed by atoms with Crippen molar-refractivity contribution in [3.63, 3.8) is 0 Å². The maximum Gasteiger partial charge on any atom is 0.247 e. The Morgan fingerprint density at radius 3 is 2.57 bits per heavy atom. The van der Waals surface area contributed by atoms with Crippen molar-refractivity contribution in [1.29, 1.82) is 0 Å². The summed E-state index contributed by atoms with van der Waals surface area (Å²) in [5.41, 5.74) is 0.469. The van der Waals surface area contributed by atoms with E-state index in [2.05, 4.69) is 9.97 Å². The number of hydrogen-bond acceptors (Lipinski definition) is 4. The van der Waals surface area contributed by atoms with Crippen LogP contribution in [0.15, 0.2) is 52.5 Å². The molecule has 0 unspecified atom stereocenters. The lowest BCUT2D eigenvalue weighted by atomic mass is 10.2. The summed E-state index contributed by atoms with van der Waals surface area (Å²) in [4.78, 5) is 17.5. The molecule has 7 heteroatoms. The minimum Gasteiger partial charge on any atom is -0.328 e. The summed E-state index contributed by atoms with van der Waals surface area (Å²) in [6, 6.07) is 5.88. The van der Waals surface area contributed by atoms with Gasteiger partial charge in [-0.3, -0.25) is 9.78 Å². The van der Waals surface area contributed by atoms with Crippen LogP contribution in [0, 0.1) is 0 Å². The molecule has 2 aromatic rings. The standard InChI is InChI=1S/C14H17N3O3S/c1-11(2)17(10-12-4-3-7-15-8-12)21(19,20)13-5-6-14(18)16-9-13/h3-9,11H,10H2,1-2H3,(H,16,18). The molecule has 0 radical (unpaired) electrons. The SMILES string of the molecule is CC(C)N(Cc1cccnc1)S(=O)(=O)c1ccc(=O)[nH]c1. The van der Waals surface area contributed by atoms with Crippen LogP contribution in [0.5, 0.6) is 0 Å². The van der Waals surface area contributed by atoms with Crippen molar-refractivity contribution < 1.29 is 8.42 Å². The van der Waals surface area contributed by atoms with Gasteiger partial charge in [0.15, 0.2) is 0 Å². The van der Waals surface area contributed by atoms with Gasteiger partial charge in [0.25, 0.3) is 0 Å². The van der Waals surface area contributed by atoms with E-state index < -0.39 is 10.0 Å². The Balaban J connectivity index is 2.37. The van der Waals surface area contributed by atoms with Crippen molar-refractivity contribution in [3.05, 3.63) is 58.8 Å². The molecule has 21 heavy (non-hydrogen) atoms. The summed E-state index contributed by atoms with van der Waals surface area (Å²) in [5, 5.41) is 0. The number of aromatic nitrogens is 2. The minimum atomic E-state index is -3.68. The van der Waals surface area contributed by atoms with Gasteiger partial charge in [0.05, 0.1) is 4.90 Å². The van der Waals surface area contributed by atoms with Crippen molar-refractivity contribution in [1.82, 2.24) is 14.3 Å². The summed E-state index contributed by atoms with van der Waals surface area (Å²) < 4.78 is 26.7. The van der Waals surface area contributed by atoms with E-state index in [9.17, 15) is 13.2 Å². The van der Waals surface area contributed by atoms with Crippen LogP contribution in [0.25, 0.3) is 0 Å². The number of nitrogens with zero attached hydrogens (tertiary/aromatic N) is 2. The van der Waals surface area contributed by atoms with Gasteiger partial charge in [0, 0.05) is 37.2 Å². The molecule has 2 aromatic heterocycles. The third-order valence-corrected chi connectivity index (χ3v) is 5.02. The molecule has 0 aliphatic heterocycles. The van der Waals surface area contributed by atoms with Crippen LogP contribution in [-0.2, 0) is 16.6 Å². The highest BCUT2D eigenvalue weighted by Crippen LogP contribution is 2.19.